The number of pyridine rings is 1. The molecule has 2 heterocycles. The number of likely N-dealkylation sites (tertiary alicyclic amines) is 1. The molecule has 2 aromatic rings. The Morgan fingerprint density at radius 3 is 2.50 bits per heavy atom. The molecule has 1 aliphatic carbocycles. The molecule has 6 nitrogen and oxygen atoms in total. The summed E-state index contributed by atoms with van der Waals surface area (Å²) in [4.78, 5) is 32.0. The van der Waals surface area contributed by atoms with Gasteiger partial charge in [0.15, 0.2) is 0 Å². The van der Waals surface area contributed by atoms with Crippen LogP contribution in [0.2, 0.25) is 0 Å². The number of nitrogens with zero attached hydrogens (tertiary/aromatic N) is 2. The maximum absolute atomic E-state index is 13.0. The van der Waals surface area contributed by atoms with Gasteiger partial charge in [0.1, 0.15) is 17.6 Å². The third kappa shape index (κ3) is 2.95. The van der Waals surface area contributed by atoms with E-state index in [1.54, 1.807) is 47.5 Å². The van der Waals surface area contributed by atoms with Gasteiger partial charge >= 0.3 is 0 Å². The van der Waals surface area contributed by atoms with E-state index in [1.165, 1.54) is 7.11 Å². The van der Waals surface area contributed by atoms with Crippen LogP contribution in [0.3, 0.4) is 0 Å². The van der Waals surface area contributed by atoms with Gasteiger partial charge in [0, 0.05) is 12.2 Å². The third-order valence-corrected chi connectivity index (χ3v) is 5.53. The van der Waals surface area contributed by atoms with Crippen molar-refractivity contribution in [1.29, 1.82) is 0 Å². The molecule has 28 heavy (non-hydrogen) atoms. The Morgan fingerprint density at radius 1 is 1.11 bits per heavy atom. The predicted octanol–water partition coefficient (Wildman–Crippen LogP) is 3.45. The van der Waals surface area contributed by atoms with Crippen LogP contribution < -0.4 is 4.74 Å². The van der Waals surface area contributed by atoms with Crippen LogP contribution in [0.25, 0.3) is 5.76 Å². The summed E-state index contributed by atoms with van der Waals surface area (Å²) in [5.74, 6) is -1.04. The van der Waals surface area contributed by atoms with E-state index < -0.39 is 17.7 Å². The molecule has 1 saturated carbocycles. The average molecular weight is 378 g/mol. The summed E-state index contributed by atoms with van der Waals surface area (Å²) >= 11 is 0. The van der Waals surface area contributed by atoms with Crippen molar-refractivity contribution in [2.75, 3.05) is 7.11 Å². The number of aliphatic hydroxyl groups is 1. The molecule has 1 aromatic heterocycles. The summed E-state index contributed by atoms with van der Waals surface area (Å²) < 4.78 is 5.34. The number of Topliss-reactive ketones (excluding diaryl/α,β-unsaturated/α-hetero) is 1. The first-order chi connectivity index (χ1) is 13.6. The molecule has 2 aliphatic rings. The minimum atomic E-state index is -0.700. The van der Waals surface area contributed by atoms with E-state index in [4.69, 9.17) is 4.74 Å². The number of hydrogen-bond acceptors (Lipinski definition) is 5. The topological polar surface area (TPSA) is 79.7 Å². The molecular weight excluding hydrogens is 356 g/mol. The van der Waals surface area contributed by atoms with E-state index in [-0.39, 0.29) is 17.4 Å². The highest BCUT2D eigenvalue weighted by Crippen LogP contribution is 2.43. The van der Waals surface area contributed by atoms with Crippen molar-refractivity contribution in [2.45, 2.75) is 37.8 Å². The largest absolute Gasteiger partial charge is 0.507 e. The molecule has 1 N–H and O–H groups in total. The fourth-order valence-electron chi connectivity index (χ4n) is 4.22. The summed E-state index contributed by atoms with van der Waals surface area (Å²) in [6.07, 6.45) is 5.38. The van der Waals surface area contributed by atoms with E-state index >= 15 is 0 Å². The highest BCUT2D eigenvalue weighted by atomic mass is 16.5. The fourth-order valence-corrected chi connectivity index (χ4v) is 4.22. The van der Waals surface area contributed by atoms with Gasteiger partial charge in [-0.15, -0.1) is 0 Å². The lowest BCUT2D eigenvalue weighted by molar-refractivity contribution is -0.141. The van der Waals surface area contributed by atoms with Gasteiger partial charge in [0.25, 0.3) is 11.7 Å². The Kier molecular flexibility index (Phi) is 4.86. The van der Waals surface area contributed by atoms with E-state index in [0.717, 1.165) is 25.7 Å². The molecule has 2 fully saturated rings. The van der Waals surface area contributed by atoms with Crippen LogP contribution in [0.15, 0.2) is 54.2 Å². The van der Waals surface area contributed by atoms with Crippen LogP contribution in [0.5, 0.6) is 5.75 Å². The summed E-state index contributed by atoms with van der Waals surface area (Å²) in [7, 11) is 1.50. The molecular formula is C22H22N2O4. The summed E-state index contributed by atoms with van der Waals surface area (Å²) in [5.41, 5.74) is 1.03. The minimum Gasteiger partial charge on any atom is -0.507 e. The lowest BCUT2D eigenvalue weighted by Crippen LogP contribution is -2.37. The molecule has 1 amide bonds. The maximum Gasteiger partial charge on any atom is 0.295 e. The second-order valence-electron chi connectivity index (χ2n) is 7.10. The van der Waals surface area contributed by atoms with Gasteiger partial charge in [0.2, 0.25) is 0 Å². The number of ether oxygens (including phenoxy) is 1. The first kappa shape index (κ1) is 18.2. The molecule has 1 aliphatic heterocycles. The number of benzene rings is 1. The number of aromatic nitrogens is 1. The summed E-state index contributed by atoms with van der Waals surface area (Å²) in [6, 6.07) is 11.6. The average Bonchev–Trinajstić information content (AvgIpc) is 3.35. The van der Waals surface area contributed by atoms with Crippen molar-refractivity contribution in [3.05, 3.63) is 65.5 Å². The van der Waals surface area contributed by atoms with Gasteiger partial charge in [0.05, 0.1) is 23.9 Å². The van der Waals surface area contributed by atoms with Gasteiger partial charge in [-0.3, -0.25) is 14.6 Å². The van der Waals surface area contributed by atoms with Crippen LogP contribution in [0.1, 0.15) is 43.0 Å². The van der Waals surface area contributed by atoms with Crippen LogP contribution in [0, 0.1) is 0 Å². The van der Waals surface area contributed by atoms with Crippen molar-refractivity contribution in [3.63, 3.8) is 0 Å². The van der Waals surface area contributed by atoms with Crippen LogP contribution in [-0.4, -0.2) is 39.8 Å². The molecule has 0 radical (unpaired) electrons. The molecule has 1 atom stereocenters. The molecule has 0 bridgehead atoms. The minimum absolute atomic E-state index is 0.0218. The smallest absolute Gasteiger partial charge is 0.295 e. The number of methoxy groups -OCH3 is 1. The first-order valence-electron chi connectivity index (χ1n) is 9.48. The Hall–Kier alpha value is -3.15. The van der Waals surface area contributed by atoms with Crippen molar-refractivity contribution in [3.8, 4) is 5.75 Å². The summed E-state index contributed by atoms with van der Waals surface area (Å²) in [5, 5.41) is 11.1. The highest BCUT2D eigenvalue weighted by molar-refractivity contribution is 6.46. The molecule has 1 unspecified atom stereocenters. The molecule has 0 spiro atoms. The Balaban J connectivity index is 1.91. The SMILES string of the molecule is COc1ccccc1/C(O)=C1/C(=O)C(=O)N(C2CCCC2)C1c1ccccn1. The number of hydrogen-bond donors (Lipinski definition) is 1. The van der Waals surface area contributed by atoms with Crippen molar-refractivity contribution in [1.82, 2.24) is 9.88 Å². The molecule has 4 rings (SSSR count). The fraction of sp³-hybridized carbons (Fsp3) is 0.318. The number of para-hydroxylation sites is 1. The van der Waals surface area contributed by atoms with E-state index in [0.29, 0.717) is 17.0 Å². The molecule has 6 heteroatoms. The van der Waals surface area contributed by atoms with Gasteiger partial charge in [-0.25, -0.2) is 0 Å². The van der Waals surface area contributed by atoms with Crippen molar-refractivity contribution in [2.24, 2.45) is 0 Å². The van der Waals surface area contributed by atoms with Gasteiger partial charge in [-0.05, 0) is 37.1 Å². The standard InChI is InChI=1S/C22H22N2O4/c1-28-17-12-5-4-10-15(17)20(25)18-19(16-11-6-7-13-23-16)24(22(27)21(18)26)14-8-2-3-9-14/h4-7,10-14,19,25H,2-3,8-9H2,1H3/b20-18-. The Morgan fingerprint density at radius 2 is 1.82 bits per heavy atom. The second-order valence-corrected chi connectivity index (χ2v) is 7.10. The zero-order chi connectivity index (χ0) is 19.7. The molecule has 1 aromatic carbocycles. The van der Waals surface area contributed by atoms with Crippen LogP contribution in [0.4, 0.5) is 0 Å². The van der Waals surface area contributed by atoms with Crippen LogP contribution >= 0.6 is 0 Å². The first-order valence-corrected chi connectivity index (χ1v) is 9.48. The van der Waals surface area contributed by atoms with Gasteiger partial charge < -0.3 is 14.7 Å². The Bertz CT molecular complexity index is 933. The molecule has 1 saturated heterocycles. The monoisotopic (exact) mass is 378 g/mol. The van der Waals surface area contributed by atoms with Crippen molar-refractivity contribution < 1.29 is 19.4 Å². The number of amides is 1. The third-order valence-electron chi connectivity index (χ3n) is 5.53. The van der Waals surface area contributed by atoms with Gasteiger partial charge in [-0.1, -0.05) is 31.0 Å². The van der Waals surface area contributed by atoms with E-state index in [1.807, 2.05) is 6.07 Å². The molecule has 144 valence electrons. The van der Waals surface area contributed by atoms with E-state index in [9.17, 15) is 14.7 Å². The van der Waals surface area contributed by atoms with Crippen LogP contribution in [-0.2, 0) is 9.59 Å². The van der Waals surface area contributed by atoms with Crippen molar-refractivity contribution >= 4 is 17.4 Å². The maximum atomic E-state index is 13.0. The number of rotatable bonds is 4. The number of ketones is 1. The highest BCUT2D eigenvalue weighted by Gasteiger charge is 2.49. The normalized spacial score (nSPS) is 22.0. The number of carbonyl (C=O) groups excluding carboxylic acids is 2. The summed E-state index contributed by atoms with van der Waals surface area (Å²) in [6.45, 7) is 0. The number of carbonyl (C=O) groups is 2. The van der Waals surface area contributed by atoms with E-state index in [2.05, 4.69) is 4.98 Å². The Labute approximate surface area is 163 Å². The van der Waals surface area contributed by atoms with Gasteiger partial charge in [-0.2, -0.15) is 0 Å². The predicted molar refractivity (Wildman–Crippen MR) is 104 cm³/mol. The lowest BCUT2D eigenvalue weighted by Gasteiger charge is -2.30. The number of aliphatic hydroxyl groups excluding tert-OH is 1. The zero-order valence-electron chi connectivity index (χ0n) is 15.7. The lowest BCUT2D eigenvalue weighted by atomic mass is 9.97. The second kappa shape index (κ2) is 7.46. The zero-order valence-corrected chi connectivity index (χ0v) is 15.7. The quantitative estimate of drug-likeness (QED) is 0.501.